The molecular weight excluding hydrogens is 390 g/mol. The highest BCUT2D eigenvalue weighted by Gasteiger charge is 2.50. The average molecular weight is 413 g/mol. The van der Waals surface area contributed by atoms with Gasteiger partial charge in [0.25, 0.3) is 11.5 Å². The fraction of sp³-hybridized carbons (Fsp3) is 0.333. The number of benzene rings is 1. The summed E-state index contributed by atoms with van der Waals surface area (Å²) in [6.07, 6.45) is 0.203. The minimum Gasteiger partial charge on any atom is -0.394 e. The van der Waals surface area contributed by atoms with E-state index < -0.39 is 41.7 Å². The standard InChI is InChI=1S/C21H23N3O6/c1-21(12-30-21)18(27)14(10-13-6-3-2-4-7-13)23-20(29)16(11-25)24-15(19(22)28)8-5-9-17(24)26/h2-9,14,16,25H,10-12H2,1H3,(H2,22,28)(H,23,29)/t14-,16-,21+/m0/s1. The highest BCUT2D eigenvalue weighted by Crippen LogP contribution is 2.29. The number of rotatable bonds is 9. The third kappa shape index (κ3) is 4.47. The first kappa shape index (κ1) is 21.4. The number of aromatic nitrogens is 1. The molecule has 9 heteroatoms. The van der Waals surface area contributed by atoms with Crippen LogP contribution in [-0.4, -0.2) is 52.1 Å². The number of hydrogen-bond acceptors (Lipinski definition) is 6. The molecule has 2 amide bonds. The number of epoxide rings is 1. The molecule has 1 aromatic carbocycles. The first-order valence-electron chi connectivity index (χ1n) is 9.41. The molecule has 0 radical (unpaired) electrons. The summed E-state index contributed by atoms with van der Waals surface area (Å²) in [5.41, 5.74) is 4.24. The van der Waals surface area contributed by atoms with Crippen LogP contribution >= 0.6 is 0 Å². The van der Waals surface area contributed by atoms with Gasteiger partial charge in [-0.15, -0.1) is 0 Å². The van der Waals surface area contributed by atoms with Crippen molar-refractivity contribution in [3.63, 3.8) is 0 Å². The highest BCUT2D eigenvalue weighted by atomic mass is 16.6. The van der Waals surface area contributed by atoms with Crippen molar-refractivity contribution >= 4 is 17.6 Å². The van der Waals surface area contributed by atoms with E-state index in [2.05, 4.69) is 5.32 Å². The lowest BCUT2D eigenvalue weighted by Gasteiger charge is -2.24. The van der Waals surface area contributed by atoms with Crippen LogP contribution in [0.25, 0.3) is 0 Å². The number of carbonyl (C=O) groups is 3. The maximum absolute atomic E-state index is 13.0. The number of amides is 2. The zero-order valence-corrected chi connectivity index (χ0v) is 16.4. The number of primary amides is 1. The Kier molecular flexibility index (Phi) is 6.14. The van der Waals surface area contributed by atoms with Crippen molar-refractivity contribution in [1.82, 2.24) is 9.88 Å². The number of pyridine rings is 1. The predicted molar refractivity (Wildman–Crippen MR) is 107 cm³/mol. The van der Waals surface area contributed by atoms with Crippen molar-refractivity contribution in [3.05, 3.63) is 70.1 Å². The lowest BCUT2D eigenvalue weighted by Crippen LogP contribution is -2.51. The summed E-state index contributed by atoms with van der Waals surface area (Å²) in [5, 5.41) is 12.4. The number of nitrogens with two attached hydrogens (primary N) is 1. The topological polar surface area (TPSA) is 144 Å². The van der Waals surface area contributed by atoms with E-state index in [-0.39, 0.29) is 24.5 Å². The Morgan fingerprint density at radius 3 is 2.43 bits per heavy atom. The molecule has 4 N–H and O–H groups in total. The Labute approximate surface area is 172 Å². The van der Waals surface area contributed by atoms with Crippen LogP contribution in [0, 0.1) is 0 Å². The van der Waals surface area contributed by atoms with E-state index in [1.165, 1.54) is 12.1 Å². The van der Waals surface area contributed by atoms with Gasteiger partial charge in [-0.25, -0.2) is 0 Å². The molecule has 0 bridgehead atoms. The van der Waals surface area contributed by atoms with E-state index >= 15 is 0 Å². The number of aliphatic hydroxyl groups excluding tert-OH is 1. The molecule has 30 heavy (non-hydrogen) atoms. The normalized spacial score (nSPS) is 19.5. The molecule has 1 saturated heterocycles. The van der Waals surface area contributed by atoms with Crippen molar-refractivity contribution in [1.29, 1.82) is 0 Å². The summed E-state index contributed by atoms with van der Waals surface area (Å²) in [6.45, 7) is 1.12. The smallest absolute Gasteiger partial charge is 0.265 e. The van der Waals surface area contributed by atoms with E-state index in [4.69, 9.17) is 10.5 Å². The largest absolute Gasteiger partial charge is 0.394 e. The summed E-state index contributed by atoms with van der Waals surface area (Å²) in [6, 6.07) is 10.5. The molecular formula is C21H23N3O6. The van der Waals surface area contributed by atoms with Gasteiger partial charge in [0.05, 0.1) is 19.3 Å². The van der Waals surface area contributed by atoms with Gasteiger partial charge in [-0.1, -0.05) is 36.4 Å². The second kappa shape index (κ2) is 8.60. The zero-order chi connectivity index (χ0) is 21.9. The quantitative estimate of drug-likeness (QED) is 0.476. The van der Waals surface area contributed by atoms with Crippen molar-refractivity contribution in [2.75, 3.05) is 13.2 Å². The minimum atomic E-state index is -1.43. The summed E-state index contributed by atoms with van der Waals surface area (Å²) in [4.78, 5) is 49.9. The number of hydrogen-bond donors (Lipinski definition) is 3. The van der Waals surface area contributed by atoms with Crippen LogP contribution in [-0.2, 0) is 20.7 Å². The molecule has 3 rings (SSSR count). The SMILES string of the molecule is C[C@]1(C(=O)[C@H](Cc2ccccc2)NC(=O)[C@H](CO)n2c(C(N)=O)cccc2=O)CO1. The number of carbonyl (C=O) groups excluding carboxylic acids is 3. The maximum atomic E-state index is 13.0. The number of nitrogens with one attached hydrogen (secondary N) is 1. The van der Waals surface area contributed by atoms with Gasteiger partial charge < -0.3 is 20.9 Å². The van der Waals surface area contributed by atoms with E-state index in [1.807, 2.05) is 30.3 Å². The van der Waals surface area contributed by atoms with Crippen molar-refractivity contribution in [3.8, 4) is 0 Å². The second-order valence-electron chi connectivity index (χ2n) is 7.32. The van der Waals surface area contributed by atoms with Gasteiger partial charge in [-0.2, -0.15) is 0 Å². The summed E-state index contributed by atoms with van der Waals surface area (Å²) < 4.78 is 6.06. The van der Waals surface area contributed by atoms with Gasteiger partial charge in [0.15, 0.2) is 5.78 Å². The van der Waals surface area contributed by atoms with Crippen molar-refractivity contribution in [2.45, 2.75) is 31.0 Å². The van der Waals surface area contributed by atoms with Crippen molar-refractivity contribution in [2.24, 2.45) is 5.73 Å². The van der Waals surface area contributed by atoms with Crippen LogP contribution in [0.4, 0.5) is 0 Å². The Balaban J connectivity index is 1.90. The Bertz CT molecular complexity index is 1010. The monoisotopic (exact) mass is 413 g/mol. The molecule has 0 unspecified atom stereocenters. The van der Waals surface area contributed by atoms with Crippen LogP contribution in [0.5, 0.6) is 0 Å². The van der Waals surface area contributed by atoms with Gasteiger partial charge in [0.2, 0.25) is 5.91 Å². The van der Waals surface area contributed by atoms with Crippen LogP contribution in [0.3, 0.4) is 0 Å². The molecule has 2 aromatic rings. The van der Waals surface area contributed by atoms with E-state index in [9.17, 15) is 24.3 Å². The van der Waals surface area contributed by atoms with Gasteiger partial charge >= 0.3 is 0 Å². The molecule has 1 aromatic heterocycles. The molecule has 1 aliphatic rings. The summed E-state index contributed by atoms with van der Waals surface area (Å²) >= 11 is 0. The molecule has 0 spiro atoms. The first-order chi connectivity index (χ1) is 14.3. The highest BCUT2D eigenvalue weighted by molar-refractivity contribution is 5.97. The molecule has 158 valence electrons. The number of ether oxygens (including phenoxy) is 1. The average Bonchev–Trinajstić information content (AvgIpc) is 3.48. The van der Waals surface area contributed by atoms with Crippen LogP contribution < -0.4 is 16.6 Å². The molecule has 2 heterocycles. The number of Topliss-reactive ketones (excluding diaryl/α,β-unsaturated/α-hetero) is 1. The Hall–Kier alpha value is -3.30. The van der Waals surface area contributed by atoms with Gasteiger partial charge in [0, 0.05) is 6.07 Å². The van der Waals surface area contributed by atoms with E-state index in [0.717, 1.165) is 16.2 Å². The number of ketones is 1. The molecule has 0 aliphatic carbocycles. The fourth-order valence-electron chi connectivity index (χ4n) is 3.25. The minimum absolute atomic E-state index is 0.203. The molecule has 3 atom stereocenters. The van der Waals surface area contributed by atoms with Crippen LogP contribution in [0.1, 0.15) is 29.0 Å². The number of nitrogens with zero attached hydrogens (tertiary/aromatic N) is 1. The third-order valence-corrected chi connectivity index (χ3v) is 5.04. The molecule has 0 saturated carbocycles. The molecule has 9 nitrogen and oxygen atoms in total. The fourth-order valence-corrected chi connectivity index (χ4v) is 3.25. The maximum Gasteiger partial charge on any atom is 0.265 e. The Morgan fingerprint density at radius 1 is 1.20 bits per heavy atom. The molecule has 1 fully saturated rings. The summed E-state index contributed by atoms with van der Waals surface area (Å²) in [7, 11) is 0. The first-order valence-corrected chi connectivity index (χ1v) is 9.41. The summed E-state index contributed by atoms with van der Waals surface area (Å²) in [5.74, 6) is -2.02. The number of aliphatic hydroxyl groups is 1. The zero-order valence-electron chi connectivity index (χ0n) is 16.4. The van der Waals surface area contributed by atoms with Crippen molar-refractivity contribution < 1.29 is 24.2 Å². The molecule has 1 aliphatic heterocycles. The van der Waals surface area contributed by atoms with Gasteiger partial charge in [0.1, 0.15) is 17.3 Å². The van der Waals surface area contributed by atoms with Gasteiger partial charge in [-0.3, -0.25) is 23.7 Å². The van der Waals surface area contributed by atoms with E-state index in [0.29, 0.717) is 0 Å². The van der Waals surface area contributed by atoms with Crippen LogP contribution in [0.2, 0.25) is 0 Å². The van der Waals surface area contributed by atoms with E-state index in [1.54, 1.807) is 6.92 Å². The lowest BCUT2D eigenvalue weighted by molar-refractivity contribution is -0.132. The second-order valence-corrected chi connectivity index (χ2v) is 7.32. The Morgan fingerprint density at radius 2 is 1.87 bits per heavy atom. The van der Waals surface area contributed by atoms with Gasteiger partial charge in [-0.05, 0) is 25.0 Å². The third-order valence-electron chi connectivity index (χ3n) is 5.04. The van der Waals surface area contributed by atoms with Crippen LogP contribution in [0.15, 0.2) is 53.3 Å². The lowest BCUT2D eigenvalue weighted by atomic mass is 9.94. The predicted octanol–water partition coefficient (Wildman–Crippen LogP) is -0.434.